The fourth-order valence-corrected chi connectivity index (χ4v) is 5.97. The van der Waals surface area contributed by atoms with Crippen LogP contribution in [0.15, 0.2) is 52.9 Å². The average molecular weight is 447 g/mol. The summed E-state index contributed by atoms with van der Waals surface area (Å²) < 4.78 is 6.77. The van der Waals surface area contributed by atoms with Crippen molar-refractivity contribution in [2.75, 3.05) is 13.6 Å². The van der Waals surface area contributed by atoms with E-state index in [1.165, 1.54) is 11.3 Å². The monoisotopic (exact) mass is 446 g/mol. The second kappa shape index (κ2) is 8.43. The zero-order valence-corrected chi connectivity index (χ0v) is 19.1. The molecule has 6 heteroatoms. The summed E-state index contributed by atoms with van der Waals surface area (Å²) in [5.41, 5.74) is 2.54. The van der Waals surface area contributed by atoms with Crippen LogP contribution >= 0.6 is 11.3 Å². The van der Waals surface area contributed by atoms with Crippen LogP contribution in [0.1, 0.15) is 50.6 Å². The van der Waals surface area contributed by atoms with Gasteiger partial charge in [0.05, 0.1) is 4.88 Å². The first kappa shape index (κ1) is 20.8. The summed E-state index contributed by atoms with van der Waals surface area (Å²) in [5, 5.41) is 4.85. The van der Waals surface area contributed by atoms with Crippen LogP contribution in [-0.2, 0) is 6.42 Å². The number of amides is 2. The van der Waals surface area contributed by atoms with Gasteiger partial charge in [0.25, 0.3) is 11.8 Å². The molecule has 32 heavy (non-hydrogen) atoms. The van der Waals surface area contributed by atoms with Crippen LogP contribution in [0.3, 0.4) is 0 Å². The smallest absolute Gasteiger partial charge is 0.261 e. The molecule has 1 N–H and O–H groups in total. The Balaban J connectivity index is 1.48. The van der Waals surface area contributed by atoms with E-state index in [2.05, 4.69) is 17.4 Å². The van der Waals surface area contributed by atoms with E-state index in [1.54, 1.807) is 7.05 Å². The van der Waals surface area contributed by atoms with Crippen LogP contribution in [0.25, 0.3) is 21.1 Å². The molecule has 2 aromatic heterocycles. The summed E-state index contributed by atoms with van der Waals surface area (Å²) in [5.74, 6) is 0.832. The number of thiophene rings is 1. The Kier molecular flexibility index (Phi) is 5.47. The number of nitrogens with one attached hydrogen (secondary N) is 1. The quantitative estimate of drug-likeness (QED) is 0.447. The largest absolute Gasteiger partial charge is 0.461 e. The second-order valence-electron chi connectivity index (χ2n) is 8.45. The Bertz CT molecular complexity index is 1320. The molecular weight excluding hydrogens is 420 g/mol. The first-order chi connectivity index (χ1) is 15.5. The first-order valence-corrected chi connectivity index (χ1v) is 11.9. The van der Waals surface area contributed by atoms with Crippen molar-refractivity contribution in [3.8, 4) is 0 Å². The van der Waals surface area contributed by atoms with Gasteiger partial charge in [-0.3, -0.25) is 9.59 Å². The standard InChI is InChI=1S/C26H26N2O3S/c1-16-13-18-14-17(10-11-22(18)31-16)26(30)28-12-6-5-7-19(28)15-21-20-8-3-4-9-23(20)32-24(21)25(29)27-2/h3-4,8-11,13-14,19H,5-7,12,15H2,1-2H3,(H,27,29)/t19-/m1/s1. The molecule has 1 aliphatic heterocycles. The minimum Gasteiger partial charge on any atom is -0.461 e. The van der Waals surface area contributed by atoms with E-state index in [1.807, 2.05) is 48.2 Å². The van der Waals surface area contributed by atoms with Crippen molar-refractivity contribution in [3.63, 3.8) is 0 Å². The van der Waals surface area contributed by atoms with Crippen molar-refractivity contribution in [1.29, 1.82) is 0 Å². The van der Waals surface area contributed by atoms with Crippen LogP contribution in [0, 0.1) is 6.92 Å². The van der Waals surface area contributed by atoms with Gasteiger partial charge in [-0.1, -0.05) is 18.2 Å². The maximum absolute atomic E-state index is 13.5. The van der Waals surface area contributed by atoms with Crippen LogP contribution < -0.4 is 5.32 Å². The highest BCUT2D eigenvalue weighted by Crippen LogP contribution is 2.34. The molecule has 0 spiro atoms. The van der Waals surface area contributed by atoms with E-state index in [0.29, 0.717) is 12.0 Å². The number of carbonyl (C=O) groups excluding carboxylic acids is 2. The van der Waals surface area contributed by atoms with E-state index in [-0.39, 0.29) is 17.9 Å². The molecule has 164 valence electrons. The van der Waals surface area contributed by atoms with Crippen molar-refractivity contribution >= 4 is 44.2 Å². The van der Waals surface area contributed by atoms with E-state index in [0.717, 1.165) is 63.1 Å². The highest BCUT2D eigenvalue weighted by Gasteiger charge is 2.30. The first-order valence-electron chi connectivity index (χ1n) is 11.1. The number of benzene rings is 2. The van der Waals surface area contributed by atoms with Gasteiger partial charge in [-0.15, -0.1) is 11.3 Å². The molecule has 0 unspecified atom stereocenters. The van der Waals surface area contributed by atoms with Gasteiger partial charge in [0, 0.05) is 35.3 Å². The van der Waals surface area contributed by atoms with Crippen LogP contribution in [0.2, 0.25) is 0 Å². The molecule has 0 aliphatic carbocycles. The van der Waals surface area contributed by atoms with Crippen LogP contribution in [-0.4, -0.2) is 36.3 Å². The normalized spacial score (nSPS) is 16.6. The molecule has 2 aromatic carbocycles. The van der Waals surface area contributed by atoms with Crippen molar-refractivity contribution in [1.82, 2.24) is 10.2 Å². The molecule has 2 amide bonds. The molecule has 1 saturated heterocycles. The minimum atomic E-state index is -0.0596. The van der Waals surface area contributed by atoms with E-state index in [4.69, 9.17) is 4.42 Å². The number of fused-ring (bicyclic) bond motifs is 2. The van der Waals surface area contributed by atoms with Crippen molar-refractivity contribution in [3.05, 3.63) is 70.3 Å². The van der Waals surface area contributed by atoms with Crippen LogP contribution in [0.4, 0.5) is 0 Å². The Morgan fingerprint density at radius 3 is 2.84 bits per heavy atom. The Morgan fingerprint density at radius 2 is 2.00 bits per heavy atom. The fourth-order valence-electron chi connectivity index (χ4n) is 4.79. The van der Waals surface area contributed by atoms with Gasteiger partial charge in [0.2, 0.25) is 0 Å². The summed E-state index contributed by atoms with van der Waals surface area (Å²) in [6.07, 6.45) is 3.72. The van der Waals surface area contributed by atoms with E-state index in [9.17, 15) is 9.59 Å². The molecular formula is C26H26N2O3S. The molecule has 1 fully saturated rings. The highest BCUT2D eigenvalue weighted by atomic mass is 32.1. The molecule has 0 radical (unpaired) electrons. The van der Waals surface area contributed by atoms with Gasteiger partial charge >= 0.3 is 0 Å². The molecule has 1 aliphatic rings. The van der Waals surface area contributed by atoms with Crippen molar-refractivity contribution in [2.45, 2.75) is 38.6 Å². The number of piperidine rings is 1. The third-order valence-corrected chi connectivity index (χ3v) is 7.56. The summed E-state index contributed by atoms with van der Waals surface area (Å²) in [4.78, 5) is 28.9. The number of hydrogen-bond acceptors (Lipinski definition) is 4. The maximum Gasteiger partial charge on any atom is 0.261 e. The average Bonchev–Trinajstić information content (AvgIpc) is 3.37. The zero-order valence-electron chi connectivity index (χ0n) is 18.3. The predicted molar refractivity (Wildman–Crippen MR) is 129 cm³/mol. The van der Waals surface area contributed by atoms with Gasteiger partial charge in [0.15, 0.2) is 0 Å². The molecule has 1 atom stereocenters. The number of aryl methyl sites for hydroxylation is 1. The Morgan fingerprint density at radius 1 is 1.16 bits per heavy atom. The van der Waals surface area contributed by atoms with Gasteiger partial charge in [-0.05, 0) is 73.9 Å². The molecule has 4 aromatic rings. The Hall–Kier alpha value is -3.12. The zero-order chi connectivity index (χ0) is 22.2. The van der Waals surface area contributed by atoms with Gasteiger partial charge < -0.3 is 14.6 Å². The summed E-state index contributed by atoms with van der Waals surface area (Å²) in [6, 6.07) is 15.8. The predicted octanol–water partition coefficient (Wildman–Crippen LogP) is 5.55. The van der Waals surface area contributed by atoms with Gasteiger partial charge in [-0.2, -0.15) is 0 Å². The molecule has 5 rings (SSSR count). The fraction of sp³-hybridized carbons (Fsp3) is 0.308. The van der Waals surface area contributed by atoms with Gasteiger partial charge in [0.1, 0.15) is 11.3 Å². The SMILES string of the molecule is CNC(=O)c1sc2ccccc2c1C[C@H]1CCCCN1C(=O)c1ccc2oc(C)cc2c1. The lowest BCUT2D eigenvalue weighted by Gasteiger charge is -2.36. The summed E-state index contributed by atoms with van der Waals surface area (Å²) in [6.45, 7) is 2.65. The van der Waals surface area contributed by atoms with Crippen molar-refractivity contribution < 1.29 is 14.0 Å². The number of carbonyl (C=O) groups is 2. The topological polar surface area (TPSA) is 62.6 Å². The van der Waals surface area contributed by atoms with E-state index < -0.39 is 0 Å². The molecule has 3 heterocycles. The Labute approximate surface area is 191 Å². The van der Waals surface area contributed by atoms with E-state index >= 15 is 0 Å². The maximum atomic E-state index is 13.5. The van der Waals surface area contributed by atoms with Crippen molar-refractivity contribution in [2.24, 2.45) is 0 Å². The third-order valence-electron chi connectivity index (χ3n) is 6.35. The second-order valence-corrected chi connectivity index (χ2v) is 9.50. The molecule has 0 bridgehead atoms. The number of nitrogens with zero attached hydrogens (tertiary/aromatic N) is 1. The number of furan rings is 1. The number of rotatable bonds is 4. The highest BCUT2D eigenvalue weighted by molar-refractivity contribution is 7.21. The van der Waals surface area contributed by atoms with Gasteiger partial charge in [-0.25, -0.2) is 0 Å². The number of hydrogen-bond donors (Lipinski definition) is 1. The van der Waals surface area contributed by atoms with Crippen LogP contribution in [0.5, 0.6) is 0 Å². The number of likely N-dealkylation sites (tertiary alicyclic amines) is 1. The third kappa shape index (κ3) is 3.69. The molecule has 0 saturated carbocycles. The summed E-state index contributed by atoms with van der Waals surface area (Å²) >= 11 is 1.53. The lowest BCUT2D eigenvalue weighted by Crippen LogP contribution is -2.45. The lowest BCUT2D eigenvalue weighted by atomic mass is 9.93. The molecule has 5 nitrogen and oxygen atoms in total. The lowest BCUT2D eigenvalue weighted by molar-refractivity contribution is 0.0614. The minimum absolute atomic E-state index is 0.0523. The summed E-state index contributed by atoms with van der Waals surface area (Å²) in [7, 11) is 1.67.